The summed E-state index contributed by atoms with van der Waals surface area (Å²) >= 11 is 1.20. The fraction of sp³-hybridized carbons (Fsp3) is 0.545. The van der Waals surface area contributed by atoms with E-state index in [4.69, 9.17) is 14.2 Å². The monoisotopic (exact) mass is 629 g/mol. The van der Waals surface area contributed by atoms with E-state index < -0.39 is 35.6 Å². The zero-order chi connectivity index (χ0) is 33.0. The molecule has 1 aromatic heterocycles. The topological polar surface area (TPSA) is 124 Å². The van der Waals surface area contributed by atoms with Crippen LogP contribution in [0.25, 0.3) is 0 Å². The maximum Gasteiger partial charge on any atom is 0.410 e. The van der Waals surface area contributed by atoms with Crippen LogP contribution in [-0.4, -0.2) is 65.2 Å². The average molecular weight is 630 g/mol. The number of hydrogen-bond donors (Lipinski definition) is 1. The minimum atomic E-state index is -0.781. The molecule has 0 unspecified atom stereocenters. The molecular formula is C33H47N3O7S. The highest BCUT2D eigenvalue weighted by Crippen LogP contribution is 2.31. The number of carbonyl (C=O) groups excluding carboxylic acids is 4. The second-order valence-corrected chi connectivity index (χ2v) is 13.1. The molecule has 0 spiro atoms. The second-order valence-electron chi connectivity index (χ2n) is 12.2. The van der Waals surface area contributed by atoms with Crippen LogP contribution in [0, 0.1) is 11.8 Å². The van der Waals surface area contributed by atoms with Crippen LogP contribution in [0.2, 0.25) is 0 Å². The van der Waals surface area contributed by atoms with Crippen molar-refractivity contribution in [2.45, 2.75) is 91.5 Å². The Kier molecular flexibility index (Phi) is 14.0. The Labute approximate surface area is 265 Å². The second kappa shape index (κ2) is 16.9. The summed E-state index contributed by atoms with van der Waals surface area (Å²) in [5, 5.41) is 5.09. The summed E-state index contributed by atoms with van der Waals surface area (Å²) in [5.41, 5.74) is 0.512. The number of thiazole rings is 1. The largest absolute Gasteiger partial charge is 0.461 e. The fourth-order valence-electron chi connectivity index (χ4n) is 4.66. The maximum atomic E-state index is 13.4. The molecule has 1 aromatic carbocycles. The molecule has 2 aromatic rings. The summed E-state index contributed by atoms with van der Waals surface area (Å²) in [6.07, 6.45) is 1.38. The molecule has 0 saturated carbocycles. The Bertz CT molecular complexity index is 1260. The first kappa shape index (κ1) is 36.5. The molecule has 10 nitrogen and oxygen atoms in total. The van der Waals surface area contributed by atoms with Gasteiger partial charge in [0.1, 0.15) is 22.9 Å². The third-order valence-electron chi connectivity index (χ3n) is 6.79. The molecule has 2 amide bonds. The third-order valence-corrected chi connectivity index (χ3v) is 7.72. The van der Waals surface area contributed by atoms with E-state index in [0.717, 1.165) is 5.56 Å². The van der Waals surface area contributed by atoms with Crippen molar-refractivity contribution >= 4 is 35.3 Å². The van der Waals surface area contributed by atoms with Gasteiger partial charge in [-0.15, -0.1) is 11.3 Å². The first-order chi connectivity index (χ1) is 20.6. The minimum absolute atomic E-state index is 0.00668. The molecule has 44 heavy (non-hydrogen) atoms. The van der Waals surface area contributed by atoms with E-state index in [1.807, 2.05) is 44.2 Å². The van der Waals surface area contributed by atoms with E-state index in [9.17, 15) is 19.2 Å². The van der Waals surface area contributed by atoms with Crippen LogP contribution in [0.15, 0.2) is 48.4 Å². The molecular weight excluding hydrogens is 582 g/mol. The molecule has 0 aliphatic rings. The van der Waals surface area contributed by atoms with Gasteiger partial charge in [-0.3, -0.25) is 14.4 Å². The Balaban J connectivity index is 2.26. The first-order valence-corrected chi connectivity index (χ1v) is 15.7. The van der Waals surface area contributed by atoms with Crippen molar-refractivity contribution in [1.82, 2.24) is 15.2 Å². The van der Waals surface area contributed by atoms with Crippen molar-refractivity contribution in [2.75, 3.05) is 13.7 Å². The highest BCUT2D eigenvalue weighted by atomic mass is 32.1. The molecule has 11 heteroatoms. The smallest absolute Gasteiger partial charge is 0.410 e. The van der Waals surface area contributed by atoms with Crippen molar-refractivity contribution in [3.63, 3.8) is 0 Å². The summed E-state index contributed by atoms with van der Waals surface area (Å²) in [6.45, 7) is 16.1. The molecule has 0 radical (unpaired) electrons. The van der Waals surface area contributed by atoms with Crippen LogP contribution in [0.3, 0.4) is 0 Å². The number of aromatic nitrogens is 1. The van der Waals surface area contributed by atoms with Crippen molar-refractivity contribution < 1.29 is 33.4 Å². The van der Waals surface area contributed by atoms with E-state index in [2.05, 4.69) is 16.9 Å². The number of rotatable bonds is 15. The number of carbonyl (C=O) groups is 4. The van der Waals surface area contributed by atoms with Gasteiger partial charge in [0, 0.05) is 37.9 Å². The minimum Gasteiger partial charge on any atom is -0.461 e. The van der Waals surface area contributed by atoms with E-state index >= 15 is 0 Å². The van der Waals surface area contributed by atoms with Crippen LogP contribution < -0.4 is 5.32 Å². The molecule has 2 rings (SSSR count). The number of benzene rings is 1. The molecule has 0 aliphatic carbocycles. The molecule has 0 saturated heterocycles. The van der Waals surface area contributed by atoms with Gasteiger partial charge in [-0.05, 0) is 45.1 Å². The van der Waals surface area contributed by atoms with E-state index in [1.165, 1.54) is 29.2 Å². The molecule has 0 aliphatic heterocycles. The molecule has 0 fully saturated rings. The van der Waals surface area contributed by atoms with Gasteiger partial charge in [0.2, 0.25) is 0 Å². The third kappa shape index (κ3) is 12.1. The van der Waals surface area contributed by atoms with Gasteiger partial charge in [-0.2, -0.15) is 0 Å². The zero-order valence-electron chi connectivity index (χ0n) is 27.1. The van der Waals surface area contributed by atoms with Gasteiger partial charge < -0.3 is 24.4 Å². The van der Waals surface area contributed by atoms with Crippen LogP contribution in [0.4, 0.5) is 4.79 Å². The van der Waals surface area contributed by atoms with Gasteiger partial charge >= 0.3 is 18.0 Å². The number of nitrogens with zero attached hydrogens (tertiary/aromatic N) is 2. The SMILES string of the molecule is C=CCOC(=O)[C@@H](C)C[C@H](Cc1ccccc1)NC(=O)c1csc([C@@H](C[C@H](C(C)C)N(C)C(=O)OC(C)(C)C)OC(C)=O)n1. The summed E-state index contributed by atoms with van der Waals surface area (Å²) in [7, 11) is 1.66. The van der Waals surface area contributed by atoms with Crippen LogP contribution >= 0.6 is 11.3 Å². The molecule has 1 N–H and O–H groups in total. The number of esters is 2. The predicted molar refractivity (Wildman–Crippen MR) is 170 cm³/mol. The Morgan fingerprint density at radius 2 is 1.75 bits per heavy atom. The lowest BCUT2D eigenvalue weighted by atomic mass is 9.96. The number of hydrogen-bond acceptors (Lipinski definition) is 9. The molecule has 4 atom stereocenters. The average Bonchev–Trinajstić information content (AvgIpc) is 3.43. The summed E-state index contributed by atoms with van der Waals surface area (Å²) < 4.78 is 16.4. The van der Waals surface area contributed by atoms with Gasteiger partial charge in [0.05, 0.1) is 5.92 Å². The van der Waals surface area contributed by atoms with Crippen molar-refractivity contribution in [3.8, 4) is 0 Å². The van der Waals surface area contributed by atoms with Crippen molar-refractivity contribution in [1.29, 1.82) is 0 Å². The highest BCUT2D eigenvalue weighted by Gasteiger charge is 2.33. The van der Waals surface area contributed by atoms with E-state index in [0.29, 0.717) is 17.8 Å². The number of ether oxygens (including phenoxy) is 3. The Morgan fingerprint density at radius 1 is 1.09 bits per heavy atom. The van der Waals surface area contributed by atoms with E-state index in [-0.39, 0.29) is 42.7 Å². The zero-order valence-corrected chi connectivity index (χ0v) is 27.9. The predicted octanol–water partition coefficient (Wildman–Crippen LogP) is 6.13. The fourth-order valence-corrected chi connectivity index (χ4v) is 5.50. The van der Waals surface area contributed by atoms with Gasteiger partial charge in [-0.25, -0.2) is 9.78 Å². The summed E-state index contributed by atoms with van der Waals surface area (Å²) in [4.78, 5) is 56.8. The number of amides is 2. The molecule has 242 valence electrons. The Morgan fingerprint density at radius 3 is 2.32 bits per heavy atom. The summed E-state index contributed by atoms with van der Waals surface area (Å²) in [6, 6.07) is 8.96. The van der Waals surface area contributed by atoms with Crippen LogP contribution in [0.5, 0.6) is 0 Å². The lowest BCUT2D eigenvalue weighted by molar-refractivity contribution is -0.148. The molecule has 0 bridgehead atoms. The summed E-state index contributed by atoms with van der Waals surface area (Å²) in [5.74, 6) is -1.73. The molecule has 1 heterocycles. The first-order valence-electron chi connectivity index (χ1n) is 14.8. The van der Waals surface area contributed by atoms with Crippen molar-refractivity contribution in [3.05, 3.63) is 64.6 Å². The highest BCUT2D eigenvalue weighted by molar-refractivity contribution is 7.09. The van der Waals surface area contributed by atoms with Gasteiger partial charge in [0.15, 0.2) is 6.10 Å². The Hall–Kier alpha value is -3.73. The standard InChI is InChI=1S/C33H47N3O7S/c1-10-16-41-31(39)22(4)17-25(18-24-14-12-11-13-15-24)34-29(38)26-20-44-30(35-26)28(42-23(5)37)19-27(21(2)3)36(9)32(40)43-33(6,7)8/h10-15,20-22,25,27-28H,1,16-19H2,2-9H3,(H,34,38)/t22-,25+,27+,28+/m0/s1. The maximum absolute atomic E-state index is 13.4. The number of nitrogens with one attached hydrogen (secondary N) is 1. The normalized spacial score (nSPS) is 14.1. The van der Waals surface area contributed by atoms with Crippen molar-refractivity contribution in [2.24, 2.45) is 11.8 Å². The van der Waals surface area contributed by atoms with Gasteiger partial charge in [0.25, 0.3) is 5.91 Å². The van der Waals surface area contributed by atoms with E-state index in [1.54, 1.807) is 40.1 Å². The van der Waals surface area contributed by atoms with Crippen LogP contribution in [-0.2, 0) is 30.2 Å². The lowest BCUT2D eigenvalue weighted by Gasteiger charge is -2.34. The van der Waals surface area contributed by atoms with Gasteiger partial charge in [-0.1, -0.05) is 63.8 Å². The quantitative estimate of drug-likeness (QED) is 0.142. The van der Waals surface area contributed by atoms with Crippen LogP contribution in [0.1, 0.15) is 88.5 Å². The lowest BCUT2D eigenvalue weighted by Crippen LogP contribution is -2.44.